The van der Waals surface area contributed by atoms with E-state index in [0.717, 1.165) is 23.4 Å². The van der Waals surface area contributed by atoms with E-state index in [1.165, 1.54) is 12.1 Å². The second-order valence-electron chi connectivity index (χ2n) is 5.91. The highest BCUT2D eigenvalue weighted by molar-refractivity contribution is 5.47. The highest BCUT2D eigenvalue weighted by Gasteiger charge is 2.22. The first-order valence-corrected chi connectivity index (χ1v) is 7.82. The molecule has 0 atom stereocenters. The second kappa shape index (κ2) is 6.05. The summed E-state index contributed by atoms with van der Waals surface area (Å²) in [5.41, 5.74) is 2.28. The van der Waals surface area contributed by atoms with Crippen LogP contribution < -0.4 is 5.56 Å². The van der Waals surface area contributed by atoms with E-state index in [9.17, 15) is 9.18 Å². The van der Waals surface area contributed by atoms with Crippen LogP contribution in [-0.2, 0) is 19.5 Å². The number of rotatable bonds is 3. The Morgan fingerprint density at radius 3 is 3.00 bits per heavy atom. The van der Waals surface area contributed by atoms with Crippen molar-refractivity contribution in [3.63, 3.8) is 0 Å². The summed E-state index contributed by atoms with van der Waals surface area (Å²) in [5, 5.41) is 0. The number of halogens is 1. The van der Waals surface area contributed by atoms with Gasteiger partial charge in [-0.15, -0.1) is 0 Å². The van der Waals surface area contributed by atoms with Crippen LogP contribution in [0.1, 0.15) is 16.8 Å². The van der Waals surface area contributed by atoms with Crippen LogP contribution in [0.3, 0.4) is 0 Å². The van der Waals surface area contributed by atoms with Crippen molar-refractivity contribution in [1.82, 2.24) is 14.9 Å². The van der Waals surface area contributed by atoms with Gasteiger partial charge in [0.2, 0.25) is 0 Å². The summed E-state index contributed by atoms with van der Waals surface area (Å²) in [6.07, 6.45) is 2.18. The van der Waals surface area contributed by atoms with Gasteiger partial charge >= 0.3 is 0 Å². The molecule has 0 saturated carbocycles. The number of aromatic amines is 1. The van der Waals surface area contributed by atoms with Crippen LogP contribution in [0, 0.1) is 5.82 Å². The third kappa shape index (κ3) is 2.88. The highest BCUT2D eigenvalue weighted by Crippen LogP contribution is 2.20. The van der Waals surface area contributed by atoms with Gasteiger partial charge in [-0.1, -0.05) is 12.1 Å². The minimum Gasteiger partial charge on any atom is -0.461 e. The molecule has 3 heterocycles. The number of nitrogens with zero attached hydrogens (tertiary/aromatic N) is 2. The number of hydrogen-bond acceptors (Lipinski definition) is 4. The number of hydrogen-bond donors (Lipinski definition) is 1. The summed E-state index contributed by atoms with van der Waals surface area (Å²) < 4.78 is 18.6. The smallest absolute Gasteiger partial charge is 0.254 e. The molecule has 122 valence electrons. The van der Waals surface area contributed by atoms with Gasteiger partial charge in [-0.3, -0.25) is 9.69 Å². The van der Waals surface area contributed by atoms with Gasteiger partial charge in [-0.2, -0.15) is 0 Å². The SMILES string of the molecule is O=c1[nH]c(-c2ccco2)nc2c1CCN(Cc1cccc(F)c1)C2. The monoisotopic (exact) mass is 325 g/mol. The molecule has 1 aliphatic heterocycles. The maximum absolute atomic E-state index is 13.3. The number of H-pyrrole nitrogens is 1. The molecule has 0 radical (unpaired) electrons. The van der Waals surface area contributed by atoms with E-state index in [2.05, 4.69) is 14.9 Å². The Bertz CT molecular complexity index is 918. The Labute approximate surface area is 137 Å². The van der Waals surface area contributed by atoms with Gasteiger partial charge < -0.3 is 9.40 Å². The largest absolute Gasteiger partial charge is 0.461 e. The molecule has 0 bridgehead atoms. The van der Waals surface area contributed by atoms with Gasteiger partial charge in [0.05, 0.1) is 12.0 Å². The van der Waals surface area contributed by atoms with Crippen LogP contribution in [0.15, 0.2) is 51.9 Å². The van der Waals surface area contributed by atoms with E-state index in [1.807, 2.05) is 6.07 Å². The maximum atomic E-state index is 13.3. The quantitative estimate of drug-likeness (QED) is 0.804. The molecular formula is C18H16FN3O2. The summed E-state index contributed by atoms with van der Waals surface area (Å²) >= 11 is 0. The molecule has 5 nitrogen and oxygen atoms in total. The fraction of sp³-hybridized carbons (Fsp3) is 0.222. The first kappa shape index (κ1) is 14.8. The Morgan fingerprint density at radius 1 is 1.29 bits per heavy atom. The van der Waals surface area contributed by atoms with E-state index in [1.54, 1.807) is 24.5 Å². The van der Waals surface area contributed by atoms with Crippen molar-refractivity contribution in [1.29, 1.82) is 0 Å². The Kier molecular flexibility index (Phi) is 3.74. The summed E-state index contributed by atoms with van der Waals surface area (Å²) in [6.45, 7) is 1.93. The average molecular weight is 325 g/mol. The number of furan rings is 1. The van der Waals surface area contributed by atoms with E-state index in [0.29, 0.717) is 31.1 Å². The topological polar surface area (TPSA) is 62.1 Å². The van der Waals surface area contributed by atoms with Crippen LogP contribution in [0.5, 0.6) is 0 Å². The van der Waals surface area contributed by atoms with E-state index < -0.39 is 0 Å². The van der Waals surface area contributed by atoms with Crippen molar-refractivity contribution in [2.24, 2.45) is 0 Å². The summed E-state index contributed by atoms with van der Waals surface area (Å²) in [5.74, 6) is 0.744. The molecule has 0 fully saturated rings. The lowest BCUT2D eigenvalue weighted by Crippen LogP contribution is -2.35. The third-order valence-electron chi connectivity index (χ3n) is 4.20. The third-order valence-corrected chi connectivity index (χ3v) is 4.20. The van der Waals surface area contributed by atoms with Crippen LogP contribution in [0.2, 0.25) is 0 Å². The Morgan fingerprint density at radius 2 is 2.21 bits per heavy atom. The Balaban J connectivity index is 1.61. The predicted octanol–water partition coefficient (Wildman–Crippen LogP) is 2.73. The standard InChI is InChI=1S/C18H16FN3O2/c19-13-4-1-3-12(9-13)10-22-7-6-14-15(11-22)20-17(21-18(14)23)16-5-2-8-24-16/h1-5,8-9H,6-7,10-11H2,(H,20,21,23). The van der Waals surface area contributed by atoms with Gasteiger partial charge in [-0.25, -0.2) is 9.37 Å². The van der Waals surface area contributed by atoms with Crippen LogP contribution in [0.25, 0.3) is 11.6 Å². The Hall–Kier alpha value is -2.73. The lowest BCUT2D eigenvalue weighted by Gasteiger charge is -2.27. The molecule has 0 spiro atoms. The van der Waals surface area contributed by atoms with Crippen molar-refractivity contribution in [2.45, 2.75) is 19.5 Å². The van der Waals surface area contributed by atoms with Crippen molar-refractivity contribution in [3.8, 4) is 11.6 Å². The van der Waals surface area contributed by atoms with Crippen LogP contribution >= 0.6 is 0 Å². The van der Waals surface area contributed by atoms with Crippen molar-refractivity contribution >= 4 is 0 Å². The molecule has 0 amide bonds. The first-order valence-electron chi connectivity index (χ1n) is 7.82. The molecule has 0 saturated heterocycles. The number of fused-ring (bicyclic) bond motifs is 1. The van der Waals surface area contributed by atoms with Gasteiger partial charge in [0.1, 0.15) is 5.82 Å². The predicted molar refractivity (Wildman–Crippen MR) is 86.8 cm³/mol. The lowest BCUT2D eigenvalue weighted by atomic mass is 10.1. The average Bonchev–Trinajstić information content (AvgIpc) is 3.09. The molecular weight excluding hydrogens is 309 g/mol. The summed E-state index contributed by atoms with van der Waals surface area (Å²) in [7, 11) is 0. The van der Waals surface area contributed by atoms with Gasteiger partial charge in [0, 0.05) is 25.2 Å². The highest BCUT2D eigenvalue weighted by atomic mass is 19.1. The fourth-order valence-electron chi connectivity index (χ4n) is 3.05. The van der Waals surface area contributed by atoms with Crippen LogP contribution in [-0.4, -0.2) is 21.4 Å². The minimum absolute atomic E-state index is 0.114. The lowest BCUT2D eigenvalue weighted by molar-refractivity contribution is 0.240. The van der Waals surface area contributed by atoms with E-state index in [-0.39, 0.29) is 11.4 Å². The molecule has 24 heavy (non-hydrogen) atoms. The second-order valence-corrected chi connectivity index (χ2v) is 5.91. The molecule has 4 rings (SSSR count). The minimum atomic E-state index is -0.236. The zero-order valence-corrected chi connectivity index (χ0v) is 13.0. The molecule has 1 aliphatic rings. The van der Waals surface area contributed by atoms with Crippen molar-refractivity contribution < 1.29 is 8.81 Å². The van der Waals surface area contributed by atoms with Gasteiger partial charge in [-0.05, 0) is 36.2 Å². The first-order chi connectivity index (χ1) is 11.7. The molecule has 1 N–H and O–H groups in total. The van der Waals surface area contributed by atoms with E-state index >= 15 is 0 Å². The molecule has 6 heteroatoms. The maximum Gasteiger partial charge on any atom is 0.254 e. The van der Waals surface area contributed by atoms with Crippen molar-refractivity contribution in [3.05, 3.63) is 75.7 Å². The van der Waals surface area contributed by atoms with Crippen molar-refractivity contribution in [2.75, 3.05) is 6.54 Å². The number of benzene rings is 1. The normalized spacial score (nSPS) is 14.5. The number of aromatic nitrogens is 2. The van der Waals surface area contributed by atoms with E-state index in [4.69, 9.17) is 4.42 Å². The molecule has 0 unspecified atom stereocenters. The molecule has 1 aromatic carbocycles. The fourth-order valence-corrected chi connectivity index (χ4v) is 3.05. The van der Waals surface area contributed by atoms with Gasteiger partial charge in [0.25, 0.3) is 5.56 Å². The van der Waals surface area contributed by atoms with Gasteiger partial charge in [0.15, 0.2) is 11.6 Å². The number of nitrogens with one attached hydrogen (secondary N) is 1. The molecule has 0 aliphatic carbocycles. The summed E-state index contributed by atoms with van der Waals surface area (Å²) in [4.78, 5) is 21.8. The molecule has 2 aromatic heterocycles. The zero-order chi connectivity index (χ0) is 16.5. The zero-order valence-electron chi connectivity index (χ0n) is 13.0. The summed E-state index contributed by atoms with van der Waals surface area (Å²) in [6, 6.07) is 10.1. The van der Waals surface area contributed by atoms with Crippen LogP contribution in [0.4, 0.5) is 4.39 Å². The molecule has 3 aromatic rings.